The van der Waals surface area contributed by atoms with Gasteiger partial charge in [-0.25, -0.2) is 0 Å². The molecule has 1 aromatic rings. The third-order valence-corrected chi connectivity index (χ3v) is 5.04. The van der Waals surface area contributed by atoms with Crippen LogP contribution in [0.1, 0.15) is 24.0 Å². The van der Waals surface area contributed by atoms with Crippen molar-refractivity contribution in [1.82, 2.24) is 0 Å². The van der Waals surface area contributed by atoms with Crippen LogP contribution in [0.3, 0.4) is 0 Å². The number of aryl methyl sites for hydroxylation is 2. The van der Waals surface area contributed by atoms with E-state index in [1.165, 1.54) is 18.2 Å². The maximum atomic E-state index is 11.9. The number of carbonyl (C=O) groups is 1. The summed E-state index contributed by atoms with van der Waals surface area (Å²) in [5, 5.41) is 0. The molecule has 0 bridgehead atoms. The second kappa shape index (κ2) is 5.55. The third kappa shape index (κ3) is 3.12. The molecule has 104 valence electrons. The zero-order valence-electron chi connectivity index (χ0n) is 11.7. The van der Waals surface area contributed by atoms with Crippen molar-refractivity contribution in [3.8, 4) is 0 Å². The van der Waals surface area contributed by atoms with Crippen molar-refractivity contribution in [2.45, 2.75) is 37.1 Å². The minimum absolute atomic E-state index is 0.277. The van der Waals surface area contributed by atoms with Gasteiger partial charge in [0.25, 0.3) is 0 Å². The molecule has 0 amide bonds. The van der Waals surface area contributed by atoms with Crippen LogP contribution in [0, 0.1) is 19.8 Å². The van der Waals surface area contributed by atoms with Crippen molar-refractivity contribution in [3.63, 3.8) is 0 Å². The first-order valence-corrected chi connectivity index (χ1v) is 7.53. The van der Waals surface area contributed by atoms with E-state index >= 15 is 0 Å². The smallest absolute Gasteiger partial charge is 0.327 e. The highest BCUT2D eigenvalue weighted by Gasteiger charge is 2.48. The number of hydrogen-bond acceptors (Lipinski definition) is 4. The summed E-state index contributed by atoms with van der Waals surface area (Å²) in [6.07, 6.45) is 2.05. The molecule has 0 aromatic heterocycles. The van der Waals surface area contributed by atoms with Crippen LogP contribution in [0.4, 0.5) is 0 Å². The van der Waals surface area contributed by atoms with Crippen molar-refractivity contribution in [2.75, 3.05) is 12.9 Å². The minimum atomic E-state index is -0.835. The quantitative estimate of drug-likeness (QED) is 0.665. The Hall–Kier alpha value is -1.00. The SMILES string of the molecule is COC(=O)C(N)(CSc1ccc(C)c(C)c1)C1CC1. The lowest BCUT2D eigenvalue weighted by molar-refractivity contribution is -0.146. The number of nitrogens with two attached hydrogens (primary N) is 1. The summed E-state index contributed by atoms with van der Waals surface area (Å²) >= 11 is 1.64. The van der Waals surface area contributed by atoms with Crippen LogP contribution in [-0.4, -0.2) is 24.4 Å². The molecule has 0 heterocycles. The van der Waals surface area contributed by atoms with Crippen molar-refractivity contribution in [3.05, 3.63) is 29.3 Å². The zero-order valence-corrected chi connectivity index (χ0v) is 12.5. The summed E-state index contributed by atoms with van der Waals surface area (Å²) in [7, 11) is 1.41. The topological polar surface area (TPSA) is 52.3 Å². The molecule has 1 aliphatic carbocycles. The summed E-state index contributed by atoms with van der Waals surface area (Å²) in [4.78, 5) is 13.1. The largest absolute Gasteiger partial charge is 0.468 e. The van der Waals surface area contributed by atoms with Gasteiger partial charge >= 0.3 is 5.97 Å². The summed E-state index contributed by atoms with van der Waals surface area (Å²) < 4.78 is 4.87. The van der Waals surface area contributed by atoms with E-state index in [-0.39, 0.29) is 11.9 Å². The first kappa shape index (κ1) is 14.4. The molecule has 2 N–H and O–H groups in total. The van der Waals surface area contributed by atoms with Crippen LogP contribution < -0.4 is 5.73 Å². The summed E-state index contributed by atoms with van der Waals surface area (Å²) in [6, 6.07) is 6.33. The van der Waals surface area contributed by atoms with Crippen molar-refractivity contribution >= 4 is 17.7 Å². The number of benzene rings is 1. The minimum Gasteiger partial charge on any atom is -0.468 e. The Bertz CT molecular complexity index is 485. The summed E-state index contributed by atoms with van der Waals surface area (Å²) in [5.41, 5.74) is 7.98. The number of hydrogen-bond donors (Lipinski definition) is 1. The van der Waals surface area contributed by atoms with E-state index in [4.69, 9.17) is 10.5 Å². The van der Waals surface area contributed by atoms with E-state index in [2.05, 4.69) is 32.0 Å². The monoisotopic (exact) mass is 279 g/mol. The fraction of sp³-hybridized carbons (Fsp3) is 0.533. The van der Waals surface area contributed by atoms with Gasteiger partial charge in [0, 0.05) is 10.6 Å². The lowest BCUT2D eigenvalue weighted by Crippen LogP contribution is -2.53. The lowest BCUT2D eigenvalue weighted by atomic mass is 9.97. The molecule has 0 saturated heterocycles. The van der Waals surface area contributed by atoms with E-state index in [1.54, 1.807) is 11.8 Å². The van der Waals surface area contributed by atoms with Gasteiger partial charge in [0.1, 0.15) is 5.54 Å². The molecule has 1 aromatic carbocycles. The van der Waals surface area contributed by atoms with Gasteiger partial charge < -0.3 is 10.5 Å². The Labute approximate surface area is 118 Å². The van der Waals surface area contributed by atoms with E-state index in [1.807, 2.05) is 0 Å². The first-order chi connectivity index (χ1) is 8.97. The fourth-order valence-electron chi connectivity index (χ4n) is 2.14. The average molecular weight is 279 g/mol. The summed E-state index contributed by atoms with van der Waals surface area (Å²) in [6.45, 7) is 4.19. The normalized spacial score (nSPS) is 17.9. The number of carbonyl (C=O) groups excluding carboxylic acids is 1. The molecular weight excluding hydrogens is 258 g/mol. The maximum Gasteiger partial charge on any atom is 0.327 e. The van der Waals surface area contributed by atoms with Gasteiger partial charge in [-0.1, -0.05) is 6.07 Å². The van der Waals surface area contributed by atoms with Gasteiger partial charge in [0.2, 0.25) is 0 Å². The molecule has 0 aliphatic heterocycles. The van der Waals surface area contributed by atoms with E-state index in [0.717, 1.165) is 17.7 Å². The van der Waals surface area contributed by atoms with Crippen molar-refractivity contribution in [1.29, 1.82) is 0 Å². The van der Waals surface area contributed by atoms with Crippen LogP contribution in [0.15, 0.2) is 23.1 Å². The highest BCUT2D eigenvalue weighted by atomic mass is 32.2. The van der Waals surface area contributed by atoms with Crippen LogP contribution in [0.5, 0.6) is 0 Å². The second-order valence-corrected chi connectivity index (χ2v) is 6.39. The van der Waals surface area contributed by atoms with Crippen LogP contribution in [-0.2, 0) is 9.53 Å². The Morgan fingerprint density at radius 1 is 1.42 bits per heavy atom. The molecule has 4 heteroatoms. The number of esters is 1. The predicted molar refractivity (Wildman–Crippen MR) is 78.3 cm³/mol. The van der Waals surface area contributed by atoms with Gasteiger partial charge in [-0.3, -0.25) is 4.79 Å². The highest BCUT2D eigenvalue weighted by Crippen LogP contribution is 2.41. The third-order valence-electron chi connectivity index (χ3n) is 3.83. The number of thioether (sulfide) groups is 1. The van der Waals surface area contributed by atoms with Gasteiger partial charge in [-0.05, 0) is 55.9 Å². The molecule has 3 nitrogen and oxygen atoms in total. The van der Waals surface area contributed by atoms with Crippen LogP contribution in [0.2, 0.25) is 0 Å². The van der Waals surface area contributed by atoms with E-state index < -0.39 is 5.54 Å². The molecule has 1 aliphatic rings. The van der Waals surface area contributed by atoms with E-state index in [9.17, 15) is 4.79 Å². The molecule has 1 atom stereocenters. The summed E-state index contributed by atoms with van der Waals surface area (Å²) in [5.74, 6) is 0.567. The molecule has 1 saturated carbocycles. The molecule has 0 spiro atoms. The Kier molecular flexibility index (Phi) is 4.21. The molecular formula is C15H21NO2S. The molecule has 2 rings (SSSR count). The lowest BCUT2D eigenvalue weighted by Gasteiger charge is -2.26. The molecule has 0 radical (unpaired) electrons. The standard InChI is InChI=1S/C15H21NO2S/c1-10-4-7-13(8-11(10)2)19-9-15(16,12-5-6-12)14(17)18-3/h4,7-8,12H,5-6,9,16H2,1-3H3. The number of ether oxygens (including phenoxy) is 1. The van der Waals surface area contributed by atoms with Crippen LogP contribution >= 0.6 is 11.8 Å². The van der Waals surface area contributed by atoms with E-state index in [0.29, 0.717) is 5.75 Å². The zero-order chi connectivity index (χ0) is 14.0. The Morgan fingerprint density at radius 2 is 2.11 bits per heavy atom. The van der Waals surface area contributed by atoms with Crippen LogP contribution in [0.25, 0.3) is 0 Å². The Balaban J connectivity index is 2.06. The van der Waals surface area contributed by atoms with Crippen molar-refractivity contribution in [2.24, 2.45) is 11.7 Å². The van der Waals surface area contributed by atoms with Gasteiger partial charge in [0.15, 0.2) is 0 Å². The van der Waals surface area contributed by atoms with Gasteiger partial charge in [-0.15, -0.1) is 11.8 Å². The number of rotatable bonds is 5. The average Bonchev–Trinajstić information content (AvgIpc) is 3.23. The maximum absolute atomic E-state index is 11.9. The Morgan fingerprint density at radius 3 is 2.63 bits per heavy atom. The molecule has 19 heavy (non-hydrogen) atoms. The fourth-order valence-corrected chi connectivity index (χ4v) is 3.32. The van der Waals surface area contributed by atoms with Gasteiger partial charge in [0.05, 0.1) is 7.11 Å². The molecule has 1 unspecified atom stereocenters. The predicted octanol–water partition coefficient (Wildman–Crippen LogP) is 2.68. The molecule has 1 fully saturated rings. The first-order valence-electron chi connectivity index (χ1n) is 6.54. The van der Waals surface area contributed by atoms with Gasteiger partial charge in [-0.2, -0.15) is 0 Å². The second-order valence-electron chi connectivity index (χ2n) is 5.34. The number of methoxy groups -OCH3 is 1. The highest BCUT2D eigenvalue weighted by molar-refractivity contribution is 7.99. The van der Waals surface area contributed by atoms with Crippen molar-refractivity contribution < 1.29 is 9.53 Å².